The summed E-state index contributed by atoms with van der Waals surface area (Å²) in [6.45, 7) is 8.11. The van der Waals surface area contributed by atoms with Crippen molar-refractivity contribution in [3.63, 3.8) is 0 Å². The van der Waals surface area contributed by atoms with Gasteiger partial charge in [0.15, 0.2) is 0 Å². The van der Waals surface area contributed by atoms with Crippen molar-refractivity contribution in [3.8, 4) is 0 Å². The van der Waals surface area contributed by atoms with Crippen LogP contribution >= 0.6 is 0 Å². The monoisotopic (exact) mass is 362 g/mol. The van der Waals surface area contributed by atoms with Crippen LogP contribution in [0.5, 0.6) is 0 Å². The Morgan fingerprint density at radius 3 is 2.36 bits per heavy atom. The van der Waals surface area contributed by atoms with Gasteiger partial charge >= 0.3 is 0 Å². The average Bonchev–Trinajstić information content (AvgIpc) is 3.41. The molecule has 2 aliphatic rings. The first-order valence-corrected chi connectivity index (χ1v) is 9.19. The highest BCUT2D eigenvalue weighted by atomic mass is 14.8. The summed E-state index contributed by atoms with van der Waals surface area (Å²) in [4.78, 5) is 18.9. The lowest BCUT2D eigenvalue weighted by molar-refractivity contribution is 1.27. The zero-order valence-electron chi connectivity index (χ0n) is 15.8. The van der Waals surface area contributed by atoms with Crippen LogP contribution < -0.4 is 9.97 Å². The minimum atomic E-state index is 0.879. The van der Waals surface area contributed by atoms with Crippen LogP contribution in [-0.2, 0) is 0 Å². The highest BCUT2D eigenvalue weighted by Crippen LogP contribution is 2.25. The molecule has 4 nitrogen and oxygen atoms in total. The maximum atomic E-state index is 4.83. The van der Waals surface area contributed by atoms with Gasteiger partial charge in [-0.3, -0.25) is 0 Å². The maximum absolute atomic E-state index is 4.83. The number of nitrogens with zero attached hydrogens (tertiary/aromatic N) is 4. The topological polar surface area (TPSA) is 54.0 Å². The zero-order chi connectivity index (χ0) is 19.3. The highest BCUT2D eigenvalue weighted by molar-refractivity contribution is 5.86. The lowest BCUT2D eigenvalue weighted by Crippen LogP contribution is -1.80. The quantitative estimate of drug-likeness (QED) is 0.464. The Balaban J connectivity index is 1.92. The van der Waals surface area contributed by atoms with Crippen LogP contribution in [0.1, 0.15) is 40.8 Å². The third kappa shape index (κ3) is 2.79. The first kappa shape index (κ1) is 16.5. The lowest BCUT2D eigenvalue weighted by atomic mass is 10.1. The first-order chi connectivity index (χ1) is 13.6. The number of allylic oxidation sites excluding steroid dienone is 1. The molecule has 0 saturated heterocycles. The van der Waals surface area contributed by atoms with Gasteiger partial charge in [0.25, 0.3) is 0 Å². The standard InChI is InChI=1S/C24H18N4/c1-4-21-15(3)23-12-19-8-7-17(26-19)10-16-5-6-18(25-16)11-20-9-14(2)22(27-20)13-24(21)28-23/h4-13H,1H2,2-3H3/q-2. The van der Waals surface area contributed by atoms with Crippen molar-refractivity contribution in [2.24, 2.45) is 0 Å². The van der Waals surface area contributed by atoms with Crippen LogP contribution in [-0.4, -0.2) is 9.97 Å². The van der Waals surface area contributed by atoms with E-state index in [2.05, 4.69) is 36.5 Å². The molecule has 0 unspecified atom stereocenters. The Labute approximate surface area is 163 Å². The van der Waals surface area contributed by atoms with Crippen LogP contribution in [0.15, 0.2) is 43.0 Å². The Morgan fingerprint density at radius 1 is 0.821 bits per heavy atom. The molecular formula is C24H18N4-2. The molecule has 0 spiro atoms. The minimum absolute atomic E-state index is 0.879. The van der Waals surface area contributed by atoms with Gasteiger partial charge in [-0.1, -0.05) is 48.6 Å². The third-order valence-corrected chi connectivity index (χ3v) is 5.04. The van der Waals surface area contributed by atoms with Crippen LogP contribution in [0.2, 0.25) is 0 Å². The van der Waals surface area contributed by atoms with Gasteiger partial charge in [-0.25, -0.2) is 9.97 Å². The van der Waals surface area contributed by atoms with Crippen LogP contribution in [0.3, 0.4) is 0 Å². The molecule has 0 atom stereocenters. The van der Waals surface area contributed by atoms with E-state index < -0.39 is 0 Å². The fourth-order valence-electron chi connectivity index (χ4n) is 3.57. The van der Waals surface area contributed by atoms with E-state index in [1.165, 1.54) is 0 Å². The fourth-order valence-corrected chi connectivity index (χ4v) is 3.57. The van der Waals surface area contributed by atoms with E-state index in [4.69, 9.17) is 9.97 Å². The average molecular weight is 362 g/mol. The summed E-state index contributed by atoms with van der Waals surface area (Å²) in [6.07, 6.45) is 7.92. The van der Waals surface area contributed by atoms with Crippen LogP contribution in [0.4, 0.5) is 0 Å². The van der Waals surface area contributed by atoms with E-state index in [1.54, 1.807) is 0 Å². The minimum Gasteiger partial charge on any atom is -0.658 e. The zero-order valence-corrected chi connectivity index (χ0v) is 15.8. The SMILES string of the molecule is C=Cc1c(C)c2cc3ccc(cc4nc(cc5nc(cc1[n-]2)C(C)=C5)C=C4)[n-]3. The Morgan fingerprint density at radius 2 is 1.57 bits per heavy atom. The van der Waals surface area contributed by atoms with Gasteiger partial charge in [-0.15, -0.1) is 22.1 Å². The van der Waals surface area contributed by atoms with Gasteiger partial charge in [0.05, 0.1) is 22.8 Å². The van der Waals surface area contributed by atoms with Gasteiger partial charge in [0, 0.05) is 0 Å². The molecule has 0 radical (unpaired) electrons. The number of fused-ring (bicyclic) bond motifs is 8. The molecular weight excluding hydrogens is 344 g/mol. The van der Waals surface area contributed by atoms with E-state index in [1.807, 2.05) is 54.6 Å². The maximum Gasteiger partial charge on any atom is 0.0661 e. The molecule has 0 fully saturated rings. The van der Waals surface area contributed by atoms with E-state index in [0.717, 1.165) is 61.5 Å². The molecule has 0 amide bonds. The van der Waals surface area contributed by atoms with Crippen molar-refractivity contribution in [2.75, 3.05) is 0 Å². The summed E-state index contributed by atoms with van der Waals surface area (Å²) in [6, 6.07) is 12.0. The fraction of sp³-hybridized carbons (Fsp3) is 0.0833. The number of aryl methyl sites for hydroxylation is 1. The largest absolute Gasteiger partial charge is 0.658 e. The second-order valence-electron chi connectivity index (χ2n) is 7.04. The van der Waals surface area contributed by atoms with Crippen LogP contribution in [0, 0.1) is 6.92 Å². The molecule has 0 N–H and O–H groups in total. The molecule has 4 heteroatoms. The Bertz CT molecular complexity index is 1350. The predicted octanol–water partition coefficient (Wildman–Crippen LogP) is 5.26. The van der Waals surface area contributed by atoms with Crippen LogP contribution in [0.25, 0.3) is 51.9 Å². The van der Waals surface area contributed by atoms with E-state index in [-0.39, 0.29) is 0 Å². The molecule has 136 valence electrons. The summed E-state index contributed by atoms with van der Waals surface area (Å²) in [5, 5.41) is 0. The summed E-state index contributed by atoms with van der Waals surface area (Å²) in [7, 11) is 0. The van der Waals surface area contributed by atoms with E-state index in [0.29, 0.717) is 0 Å². The van der Waals surface area contributed by atoms with Gasteiger partial charge in [-0.2, -0.15) is 0 Å². The van der Waals surface area contributed by atoms with Gasteiger partial charge in [0.2, 0.25) is 0 Å². The molecule has 0 aromatic carbocycles. The van der Waals surface area contributed by atoms with E-state index >= 15 is 0 Å². The van der Waals surface area contributed by atoms with Gasteiger partial charge in [0.1, 0.15) is 0 Å². The van der Waals surface area contributed by atoms with Crippen molar-refractivity contribution < 1.29 is 0 Å². The molecule has 28 heavy (non-hydrogen) atoms. The predicted molar refractivity (Wildman–Crippen MR) is 116 cm³/mol. The third-order valence-electron chi connectivity index (χ3n) is 5.04. The molecule has 3 aromatic heterocycles. The van der Waals surface area contributed by atoms with E-state index in [9.17, 15) is 0 Å². The Hall–Kier alpha value is -3.66. The molecule has 3 aromatic rings. The van der Waals surface area contributed by atoms with Gasteiger partial charge in [-0.05, 0) is 49.3 Å². The summed E-state index contributed by atoms with van der Waals surface area (Å²) < 4.78 is 0. The number of hydrogen-bond donors (Lipinski definition) is 0. The van der Waals surface area contributed by atoms with Crippen molar-refractivity contribution in [1.29, 1.82) is 0 Å². The van der Waals surface area contributed by atoms with Crippen molar-refractivity contribution in [3.05, 3.63) is 76.9 Å². The van der Waals surface area contributed by atoms with Crippen molar-refractivity contribution in [1.82, 2.24) is 19.9 Å². The highest BCUT2D eigenvalue weighted by Gasteiger charge is 2.06. The molecule has 2 aliphatic heterocycles. The summed E-state index contributed by atoms with van der Waals surface area (Å²) in [5.41, 5.74) is 10.4. The van der Waals surface area contributed by atoms with Crippen molar-refractivity contribution in [2.45, 2.75) is 13.8 Å². The summed E-state index contributed by atoms with van der Waals surface area (Å²) >= 11 is 0. The normalized spacial score (nSPS) is 12.9. The number of aromatic nitrogens is 4. The smallest absolute Gasteiger partial charge is 0.0661 e. The molecule has 8 bridgehead atoms. The van der Waals surface area contributed by atoms with Crippen molar-refractivity contribution >= 4 is 51.9 Å². The number of rotatable bonds is 1. The molecule has 0 saturated carbocycles. The summed E-state index contributed by atoms with van der Waals surface area (Å²) in [5.74, 6) is 0. The first-order valence-electron chi connectivity index (χ1n) is 9.19. The second-order valence-corrected chi connectivity index (χ2v) is 7.04. The lowest BCUT2D eigenvalue weighted by Gasteiger charge is -2.01. The van der Waals surface area contributed by atoms with Gasteiger partial charge < -0.3 is 9.97 Å². The Kier molecular flexibility index (Phi) is 3.66. The molecule has 0 aliphatic carbocycles. The second kappa shape index (κ2) is 6.20. The molecule has 5 rings (SSSR count). The molecule has 5 heterocycles. The number of hydrogen-bond acceptors (Lipinski definition) is 2.